The molecule has 0 radical (unpaired) electrons. The van der Waals surface area contributed by atoms with E-state index in [1.54, 1.807) is 0 Å². The van der Waals surface area contributed by atoms with Crippen LogP contribution in [0.5, 0.6) is 0 Å². The lowest BCUT2D eigenvalue weighted by atomic mass is 9.95. The van der Waals surface area contributed by atoms with Gasteiger partial charge in [-0.3, -0.25) is 4.79 Å². The van der Waals surface area contributed by atoms with E-state index in [1.165, 1.54) is 18.2 Å². The number of carboxylic acid groups (broad SMARTS) is 1. The summed E-state index contributed by atoms with van der Waals surface area (Å²) >= 11 is 11.7. The Morgan fingerprint density at radius 1 is 1.33 bits per heavy atom. The van der Waals surface area contributed by atoms with Gasteiger partial charge in [0.25, 0.3) is 0 Å². The van der Waals surface area contributed by atoms with Crippen molar-refractivity contribution in [3.63, 3.8) is 0 Å². The fourth-order valence-electron chi connectivity index (χ4n) is 2.23. The van der Waals surface area contributed by atoms with E-state index in [2.05, 4.69) is 0 Å². The Morgan fingerprint density at radius 2 is 2.00 bits per heavy atom. The average Bonchev–Trinajstić information content (AvgIpc) is 2.41. The molecule has 1 aliphatic heterocycles. The molecule has 1 fully saturated rings. The molecule has 116 valence electrons. The normalized spacial score (nSPS) is 24.0. The van der Waals surface area contributed by atoms with E-state index in [1.807, 2.05) is 0 Å². The van der Waals surface area contributed by atoms with Crippen LogP contribution in [0.15, 0.2) is 23.1 Å². The molecule has 0 aliphatic carbocycles. The maximum absolute atomic E-state index is 12.5. The molecular formula is C12H13Cl2NO5S. The van der Waals surface area contributed by atoms with E-state index in [0.29, 0.717) is 0 Å². The Balaban J connectivity index is 2.30. The van der Waals surface area contributed by atoms with Crippen molar-refractivity contribution in [1.82, 2.24) is 4.31 Å². The van der Waals surface area contributed by atoms with E-state index in [0.717, 1.165) is 4.31 Å². The number of aliphatic hydroxyl groups is 1. The number of carboxylic acids is 1. The van der Waals surface area contributed by atoms with E-state index in [-0.39, 0.29) is 34.5 Å². The third-order valence-corrected chi connectivity index (χ3v) is 6.23. The maximum atomic E-state index is 12.5. The molecule has 0 bridgehead atoms. The SMILES string of the molecule is O=C(O)[C@H]1CCN(S(=O)(=O)c2cccc(Cl)c2Cl)C[C@H]1O. The van der Waals surface area contributed by atoms with Gasteiger partial charge in [0, 0.05) is 13.1 Å². The van der Waals surface area contributed by atoms with Crippen molar-refractivity contribution < 1.29 is 23.4 Å². The first-order valence-corrected chi connectivity index (χ1v) is 8.29. The highest BCUT2D eigenvalue weighted by atomic mass is 35.5. The van der Waals surface area contributed by atoms with Gasteiger partial charge in [-0.05, 0) is 18.6 Å². The number of β-amino-alcohol motifs (C(OH)–C–C–N with tert-alkyl or cyclic N) is 1. The maximum Gasteiger partial charge on any atom is 0.309 e. The lowest BCUT2D eigenvalue weighted by Crippen LogP contribution is -2.48. The minimum Gasteiger partial charge on any atom is -0.481 e. The highest BCUT2D eigenvalue weighted by Crippen LogP contribution is 2.32. The number of aliphatic carboxylic acids is 1. The van der Waals surface area contributed by atoms with E-state index in [4.69, 9.17) is 28.3 Å². The van der Waals surface area contributed by atoms with Crippen molar-refractivity contribution in [1.29, 1.82) is 0 Å². The van der Waals surface area contributed by atoms with Crippen LogP contribution in [0, 0.1) is 5.92 Å². The molecule has 2 atom stereocenters. The van der Waals surface area contributed by atoms with Crippen LogP contribution in [-0.2, 0) is 14.8 Å². The Kier molecular flexibility index (Phi) is 4.79. The first kappa shape index (κ1) is 16.5. The van der Waals surface area contributed by atoms with Crippen LogP contribution in [0.1, 0.15) is 6.42 Å². The molecule has 6 nitrogen and oxygen atoms in total. The summed E-state index contributed by atoms with van der Waals surface area (Å²) in [7, 11) is -3.93. The molecule has 0 amide bonds. The van der Waals surface area contributed by atoms with Gasteiger partial charge in [0.1, 0.15) is 4.90 Å². The van der Waals surface area contributed by atoms with Gasteiger partial charge in [-0.1, -0.05) is 29.3 Å². The van der Waals surface area contributed by atoms with Crippen LogP contribution >= 0.6 is 23.2 Å². The average molecular weight is 354 g/mol. The number of piperidine rings is 1. The van der Waals surface area contributed by atoms with Crippen molar-refractivity contribution in [3.8, 4) is 0 Å². The largest absolute Gasteiger partial charge is 0.481 e. The zero-order valence-corrected chi connectivity index (χ0v) is 13.1. The van der Waals surface area contributed by atoms with E-state index < -0.39 is 28.0 Å². The number of aliphatic hydroxyl groups excluding tert-OH is 1. The fraction of sp³-hybridized carbons (Fsp3) is 0.417. The molecule has 0 aromatic heterocycles. The number of nitrogens with zero attached hydrogens (tertiary/aromatic N) is 1. The van der Waals surface area contributed by atoms with Crippen LogP contribution in [0.25, 0.3) is 0 Å². The van der Waals surface area contributed by atoms with Gasteiger partial charge in [0.15, 0.2) is 0 Å². The minimum absolute atomic E-state index is 0.000791. The van der Waals surface area contributed by atoms with Gasteiger partial charge in [0.2, 0.25) is 10.0 Å². The summed E-state index contributed by atoms with van der Waals surface area (Å²) in [6.07, 6.45) is -1.22. The van der Waals surface area contributed by atoms with Crippen LogP contribution < -0.4 is 0 Å². The molecule has 2 N–H and O–H groups in total. The number of halogens is 2. The lowest BCUT2D eigenvalue weighted by Gasteiger charge is -2.33. The first-order valence-electron chi connectivity index (χ1n) is 6.10. The Labute approximate surface area is 131 Å². The molecule has 0 unspecified atom stereocenters. The summed E-state index contributed by atoms with van der Waals surface area (Å²) in [6, 6.07) is 4.25. The standard InChI is InChI=1S/C12H13Cl2NO5S/c13-8-2-1-3-10(11(8)14)21(19,20)15-5-4-7(12(17)18)9(16)6-15/h1-3,7,9,16H,4-6H2,(H,17,18)/t7-,9+/m0/s1. The zero-order chi connectivity index (χ0) is 15.8. The molecule has 1 aromatic carbocycles. The number of sulfonamides is 1. The molecular weight excluding hydrogens is 341 g/mol. The second kappa shape index (κ2) is 6.10. The predicted octanol–water partition coefficient (Wildman–Crippen LogP) is 1.45. The first-order chi connectivity index (χ1) is 9.75. The molecule has 9 heteroatoms. The van der Waals surface area contributed by atoms with Gasteiger partial charge in [-0.2, -0.15) is 4.31 Å². The molecule has 1 aromatic rings. The highest BCUT2D eigenvalue weighted by Gasteiger charge is 2.38. The summed E-state index contributed by atoms with van der Waals surface area (Å²) < 4.78 is 26.0. The number of hydrogen-bond donors (Lipinski definition) is 2. The molecule has 1 aliphatic rings. The molecule has 1 saturated heterocycles. The van der Waals surface area contributed by atoms with Crippen LogP contribution in [0.4, 0.5) is 0 Å². The quantitative estimate of drug-likeness (QED) is 0.857. The van der Waals surface area contributed by atoms with Gasteiger partial charge in [0.05, 0.1) is 22.1 Å². The second-order valence-electron chi connectivity index (χ2n) is 4.72. The van der Waals surface area contributed by atoms with Crippen molar-refractivity contribution >= 4 is 39.2 Å². The predicted molar refractivity (Wildman–Crippen MR) is 77.0 cm³/mol. The van der Waals surface area contributed by atoms with Crippen molar-refractivity contribution in [3.05, 3.63) is 28.2 Å². The second-order valence-corrected chi connectivity index (χ2v) is 7.41. The summed E-state index contributed by atoms with van der Waals surface area (Å²) in [5.41, 5.74) is 0. The number of carbonyl (C=O) groups is 1. The van der Waals surface area contributed by atoms with E-state index in [9.17, 15) is 18.3 Å². The highest BCUT2D eigenvalue weighted by molar-refractivity contribution is 7.89. The topological polar surface area (TPSA) is 94.9 Å². The van der Waals surface area contributed by atoms with Crippen molar-refractivity contribution in [2.24, 2.45) is 5.92 Å². The molecule has 2 rings (SSSR count). The summed E-state index contributed by atoms with van der Waals surface area (Å²) in [4.78, 5) is 10.8. The Hall–Kier alpha value is -0.860. The third-order valence-electron chi connectivity index (χ3n) is 3.40. The Bertz CT molecular complexity index is 664. The number of benzene rings is 1. The third kappa shape index (κ3) is 3.17. The molecule has 21 heavy (non-hydrogen) atoms. The van der Waals surface area contributed by atoms with Crippen LogP contribution in [0.3, 0.4) is 0 Å². The monoisotopic (exact) mass is 353 g/mol. The van der Waals surface area contributed by atoms with Crippen molar-refractivity contribution in [2.75, 3.05) is 13.1 Å². The molecule has 0 saturated carbocycles. The minimum atomic E-state index is -3.93. The van der Waals surface area contributed by atoms with Crippen LogP contribution in [0.2, 0.25) is 10.0 Å². The smallest absolute Gasteiger partial charge is 0.309 e. The summed E-state index contributed by atoms with van der Waals surface area (Å²) in [5, 5.41) is 18.7. The van der Waals surface area contributed by atoms with Crippen molar-refractivity contribution in [2.45, 2.75) is 17.4 Å². The number of rotatable bonds is 3. The zero-order valence-electron chi connectivity index (χ0n) is 10.7. The van der Waals surface area contributed by atoms with E-state index >= 15 is 0 Å². The van der Waals surface area contributed by atoms with Gasteiger partial charge >= 0.3 is 5.97 Å². The van der Waals surface area contributed by atoms with Gasteiger partial charge in [-0.15, -0.1) is 0 Å². The Morgan fingerprint density at radius 3 is 2.57 bits per heavy atom. The molecule has 1 heterocycles. The summed E-state index contributed by atoms with van der Waals surface area (Å²) in [5.74, 6) is -2.10. The van der Waals surface area contributed by atoms with Gasteiger partial charge < -0.3 is 10.2 Å². The molecule has 0 spiro atoms. The van der Waals surface area contributed by atoms with Crippen LogP contribution in [-0.4, -0.2) is 48.1 Å². The fourth-order valence-corrected chi connectivity index (χ4v) is 4.44. The van der Waals surface area contributed by atoms with Gasteiger partial charge in [-0.25, -0.2) is 8.42 Å². The lowest BCUT2D eigenvalue weighted by molar-refractivity contribution is -0.147. The summed E-state index contributed by atoms with van der Waals surface area (Å²) in [6.45, 7) is -0.290. The number of hydrogen-bond acceptors (Lipinski definition) is 4.